The Morgan fingerprint density at radius 3 is 2.37 bits per heavy atom. The maximum atomic E-state index is 13.0. The van der Waals surface area contributed by atoms with Gasteiger partial charge in [0.1, 0.15) is 0 Å². The lowest BCUT2D eigenvalue weighted by Gasteiger charge is -2.34. The van der Waals surface area contributed by atoms with E-state index in [1.807, 2.05) is 24.3 Å². The second-order valence-corrected chi connectivity index (χ2v) is 10.0. The number of carboxylic acids is 1. The van der Waals surface area contributed by atoms with Crippen LogP contribution in [0.5, 0.6) is 0 Å². The van der Waals surface area contributed by atoms with Gasteiger partial charge in [-0.25, -0.2) is 8.42 Å². The summed E-state index contributed by atoms with van der Waals surface area (Å²) >= 11 is 5.91. The third-order valence-corrected chi connectivity index (χ3v) is 7.63. The predicted octanol–water partition coefficient (Wildman–Crippen LogP) is 3.21. The highest BCUT2D eigenvalue weighted by Gasteiger charge is 2.28. The second-order valence-electron chi connectivity index (χ2n) is 7.63. The second kappa shape index (κ2) is 9.92. The number of aryl methyl sites for hydroxylation is 2. The van der Waals surface area contributed by atoms with Crippen molar-refractivity contribution in [1.29, 1.82) is 0 Å². The van der Waals surface area contributed by atoms with E-state index in [0.717, 1.165) is 30.0 Å². The van der Waals surface area contributed by atoms with Crippen LogP contribution in [0.25, 0.3) is 0 Å². The highest BCUT2D eigenvalue weighted by Crippen LogP contribution is 2.21. The van der Waals surface area contributed by atoms with Crippen LogP contribution in [0.2, 0.25) is 5.02 Å². The van der Waals surface area contributed by atoms with Crippen molar-refractivity contribution >= 4 is 27.6 Å². The number of aliphatic carboxylic acids is 1. The summed E-state index contributed by atoms with van der Waals surface area (Å²) in [5, 5.41) is 9.78. The summed E-state index contributed by atoms with van der Waals surface area (Å²) in [6, 6.07) is 12.6. The van der Waals surface area contributed by atoms with Crippen LogP contribution in [0, 0.1) is 6.92 Å². The molecular weight excluding hydrogens is 424 g/mol. The van der Waals surface area contributed by atoms with Gasteiger partial charge < -0.3 is 10.0 Å². The smallest absolute Gasteiger partial charge is 0.307 e. The van der Waals surface area contributed by atoms with Crippen LogP contribution in [0.15, 0.2) is 47.4 Å². The minimum Gasteiger partial charge on any atom is -0.481 e. The zero-order valence-electron chi connectivity index (χ0n) is 17.1. The lowest BCUT2D eigenvalue weighted by molar-refractivity contribution is -0.136. The van der Waals surface area contributed by atoms with Gasteiger partial charge in [-0.3, -0.25) is 4.79 Å². The maximum absolute atomic E-state index is 13.0. The van der Waals surface area contributed by atoms with Crippen molar-refractivity contribution in [2.24, 2.45) is 0 Å². The third-order valence-electron chi connectivity index (χ3n) is 5.48. The zero-order valence-corrected chi connectivity index (χ0v) is 18.6. The molecule has 8 heteroatoms. The lowest BCUT2D eigenvalue weighted by Crippen LogP contribution is -2.48. The molecule has 0 atom stereocenters. The molecular formula is C22H27ClN2O4S. The molecule has 0 radical (unpaired) electrons. The van der Waals surface area contributed by atoms with Gasteiger partial charge in [0.25, 0.3) is 0 Å². The Kier molecular flexibility index (Phi) is 7.52. The first-order valence-electron chi connectivity index (χ1n) is 10.0. The van der Waals surface area contributed by atoms with Crippen molar-refractivity contribution in [3.63, 3.8) is 0 Å². The number of piperazine rings is 1. The van der Waals surface area contributed by atoms with E-state index in [1.165, 1.54) is 15.9 Å². The van der Waals surface area contributed by atoms with E-state index < -0.39 is 16.0 Å². The molecule has 0 bridgehead atoms. The molecule has 1 aliphatic heterocycles. The van der Waals surface area contributed by atoms with Gasteiger partial charge >= 0.3 is 5.97 Å². The molecule has 30 heavy (non-hydrogen) atoms. The van der Waals surface area contributed by atoms with Crippen molar-refractivity contribution in [3.05, 3.63) is 64.2 Å². The fourth-order valence-corrected chi connectivity index (χ4v) is 5.26. The van der Waals surface area contributed by atoms with E-state index in [1.54, 1.807) is 19.1 Å². The summed E-state index contributed by atoms with van der Waals surface area (Å²) in [6.07, 6.45) is 1.78. The van der Waals surface area contributed by atoms with Crippen LogP contribution < -0.4 is 0 Å². The average molecular weight is 451 g/mol. The quantitative estimate of drug-likeness (QED) is 0.668. The van der Waals surface area contributed by atoms with E-state index in [-0.39, 0.29) is 11.3 Å². The molecule has 2 aromatic carbocycles. The molecule has 3 rings (SSSR count). The van der Waals surface area contributed by atoms with Gasteiger partial charge in [-0.1, -0.05) is 29.8 Å². The normalized spacial score (nSPS) is 15.9. The van der Waals surface area contributed by atoms with Crippen molar-refractivity contribution in [3.8, 4) is 0 Å². The Labute approximate surface area is 183 Å². The van der Waals surface area contributed by atoms with Gasteiger partial charge in [0, 0.05) is 31.2 Å². The first kappa shape index (κ1) is 22.7. The minimum absolute atomic E-state index is 0.167. The van der Waals surface area contributed by atoms with Crippen LogP contribution in [0.3, 0.4) is 0 Å². The predicted molar refractivity (Wildman–Crippen MR) is 117 cm³/mol. The van der Waals surface area contributed by atoms with Crippen LogP contribution in [-0.4, -0.2) is 61.4 Å². The number of nitrogens with zero attached hydrogens (tertiary/aromatic N) is 2. The highest BCUT2D eigenvalue weighted by atomic mass is 35.5. The van der Waals surface area contributed by atoms with Crippen LogP contribution >= 0.6 is 11.6 Å². The summed E-state index contributed by atoms with van der Waals surface area (Å²) < 4.78 is 27.5. The van der Waals surface area contributed by atoms with E-state index in [9.17, 15) is 13.2 Å². The zero-order chi connectivity index (χ0) is 21.7. The topological polar surface area (TPSA) is 77.9 Å². The number of carbonyl (C=O) groups is 1. The van der Waals surface area contributed by atoms with E-state index in [0.29, 0.717) is 31.7 Å². The van der Waals surface area contributed by atoms with Gasteiger partial charge in [-0.05, 0) is 67.3 Å². The largest absolute Gasteiger partial charge is 0.481 e. The molecule has 1 saturated heterocycles. The maximum Gasteiger partial charge on any atom is 0.307 e. The van der Waals surface area contributed by atoms with Crippen molar-refractivity contribution in [2.75, 3.05) is 32.7 Å². The average Bonchev–Trinajstić information content (AvgIpc) is 2.71. The SMILES string of the molecule is Cc1ccc(S(=O)(=O)N2CCN(CCCc3ccc(Cl)cc3)CC2)cc1CC(=O)O. The monoisotopic (exact) mass is 450 g/mol. The van der Waals surface area contributed by atoms with Crippen molar-refractivity contribution in [1.82, 2.24) is 9.21 Å². The number of sulfonamides is 1. The van der Waals surface area contributed by atoms with E-state index in [4.69, 9.17) is 16.7 Å². The molecule has 0 amide bonds. The molecule has 6 nitrogen and oxygen atoms in total. The lowest BCUT2D eigenvalue weighted by atomic mass is 10.1. The van der Waals surface area contributed by atoms with Crippen LogP contribution in [-0.2, 0) is 27.7 Å². The molecule has 2 aromatic rings. The van der Waals surface area contributed by atoms with Gasteiger partial charge in [-0.15, -0.1) is 0 Å². The van der Waals surface area contributed by atoms with Crippen molar-refractivity contribution in [2.45, 2.75) is 31.1 Å². The van der Waals surface area contributed by atoms with Gasteiger partial charge in [0.05, 0.1) is 11.3 Å². The number of halogens is 1. The molecule has 0 spiro atoms. The number of carboxylic acid groups (broad SMARTS) is 1. The Balaban J connectivity index is 1.54. The van der Waals surface area contributed by atoms with E-state index >= 15 is 0 Å². The van der Waals surface area contributed by atoms with Crippen LogP contribution in [0.1, 0.15) is 23.1 Å². The summed E-state index contributed by atoms with van der Waals surface area (Å²) in [5.74, 6) is -0.972. The van der Waals surface area contributed by atoms with Crippen LogP contribution in [0.4, 0.5) is 0 Å². The molecule has 0 aliphatic carbocycles. The van der Waals surface area contributed by atoms with Gasteiger partial charge in [-0.2, -0.15) is 4.31 Å². The number of rotatable bonds is 8. The first-order chi connectivity index (χ1) is 14.3. The molecule has 1 N–H and O–H groups in total. The molecule has 1 aliphatic rings. The Morgan fingerprint density at radius 2 is 1.73 bits per heavy atom. The highest BCUT2D eigenvalue weighted by molar-refractivity contribution is 7.89. The molecule has 1 fully saturated rings. The Morgan fingerprint density at radius 1 is 1.07 bits per heavy atom. The fraction of sp³-hybridized carbons (Fsp3) is 0.409. The fourth-order valence-electron chi connectivity index (χ4n) is 3.66. The summed E-state index contributed by atoms with van der Waals surface area (Å²) in [4.78, 5) is 13.5. The number of benzene rings is 2. The Bertz CT molecular complexity index is 985. The number of hydrogen-bond donors (Lipinski definition) is 1. The van der Waals surface area contributed by atoms with Gasteiger partial charge in [0.2, 0.25) is 10.0 Å². The van der Waals surface area contributed by atoms with Gasteiger partial charge in [0.15, 0.2) is 0 Å². The minimum atomic E-state index is -3.63. The molecule has 1 heterocycles. The van der Waals surface area contributed by atoms with Crippen molar-refractivity contribution < 1.29 is 18.3 Å². The molecule has 0 saturated carbocycles. The van der Waals surface area contributed by atoms with E-state index in [2.05, 4.69) is 4.90 Å². The summed E-state index contributed by atoms with van der Waals surface area (Å²) in [5.41, 5.74) is 2.56. The summed E-state index contributed by atoms with van der Waals surface area (Å²) in [6.45, 7) is 4.96. The molecule has 0 unspecified atom stereocenters. The summed E-state index contributed by atoms with van der Waals surface area (Å²) in [7, 11) is -3.63. The third kappa shape index (κ3) is 5.82. The standard InChI is InChI=1S/C22H27ClN2O4S/c1-17-4-9-21(15-19(17)16-22(26)27)30(28,29)25-13-11-24(12-14-25)10-2-3-18-5-7-20(23)8-6-18/h4-9,15H,2-3,10-14,16H2,1H3,(H,26,27). The molecule has 0 aromatic heterocycles. The Hall–Kier alpha value is -1.93. The first-order valence-corrected chi connectivity index (χ1v) is 11.9. The number of hydrogen-bond acceptors (Lipinski definition) is 4. The molecule has 162 valence electrons.